The maximum atomic E-state index is 15.0. The standard InChI is InChI=1S/C31H30ClF2N9O4/c32-23-17-20(1-2-21(23)30(45)40-12-14-42(15-13-40)31(46)41-10-8-39(19-44)9-11-41)38-28-29-37-18-24(43(29)7-6-36-28)22-3-4-25(47-16-5-35)27(34)26(22)33/h1-4,6-7,17-18,44H,8-16,19H2,(H,36,38). The molecule has 4 aromatic rings. The molecule has 0 saturated carbocycles. The van der Waals surface area contributed by atoms with Gasteiger partial charge in [0.1, 0.15) is 6.07 Å². The smallest absolute Gasteiger partial charge is 0.320 e. The molecule has 2 aliphatic heterocycles. The molecule has 2 aromatic carbocycles. The zero-order chi connectivity index (χ0) is 33.1. The molecule has 0 radical (unpaired) electrons. The van der Waals surface area contributed by atoms with Crippen molar-refractivity contribution in [1.29, 1.82) is 5.26 Å². The van der Waals surface area contributed by atoms with E-state index in [2.05, 4.69) is 15.3 Å². The fraction of sp³-hybridized carbons (Fsp3) is 0.323. The lowest BCUT2D eigenvalue weighted by Gasteiger charge is -2.40. The summed E-state index contributed by atoms with van der Waals surface area (Å²) in [5.41, 5.74) is 1.36. The molecule has 4 heterocycles. The highest BCUT2D eigenvalue weighted by molar-refractivity contribution is 6.34. The highest BCUT2D eigenvalue weighted by Crippen LogP contribution is 2.32. The van der Waals surface area contributed by atoms with Gasteiger partial charge in [0.25, 0.3) is 5.91 Å². The third-order valence-corrected chi connectivity index (χ3v) is 8.50. The van der Waals surface area contributed by atoms with E-state index in [0.29, 0.717) is 75.1 Å². The van der Waals surface area contributed by atoms with Gasteiger partial charge in [-0.1, -0.05) is 11.6 Å². The first kappa shape index (κ1) is 31.9. The first-order chi connectivity index (χ1) is 22.8. The fourth-order valence-electron chi connectivity index (χ4n) is 5.61. The second-order valence-electron chi connectivity index (χ2n) is 10.9. The van der Waals surface area contributed by atoms with Crippen molar-refractivity contribution in [1.82, 2.24) is 34.0 Å². The monoisotopic (exact) mass is 665 g/mol. The van der Waals surface area contributed by atoms with Gasteiger partial charge in [-0.2, -0.15) is 9.65 Å². The molecule has 47 heavy (non-hydrogen) atoms. The van der Waals surface area contributed by atoms with Gasteiger partial charge >= 0.3 is 6.03 Å². The van der Waals surface area contributed by atoms with E-state index in [-0.39, 0.29) is 40.7 Å². The van der Waals surface area contributed by atoms with Gasteiger partial charge in [0.2, 0.25) is 5.82 Å². The zero-order valence-electron chi connectivity index (χ0n) is 25.1. The lowest BCUT2D eigenvalue weighted by molar-refractivity contribution is 0.0479. The number of urea groups is 1. The minimum Gasteiger partial charge on any atom is -0.476 e. The van der Waals surface area contributed by atoms with E-state index in [9.17, 15) is 23.5 Å². The van der Waals surface area contributed by atoms with Gasteiger partial charge in [-0.15, -0.1) is 0 Å². The van der Waals surface area contributed by atoms with Gasteiger partial charge < -0.3 is 29.9 Å². The van der Waals surface area contributed by atoms with Crippen molar-refractivity contribution >= 4 is 40.7 Å². The molecule has 2 saturated heterocycles. The van der Waals surface area contributed by atoms with E-state index >= 15 is 0 Å². The fourth-order valence-corrected chi connectivity index (χ4v) is 5.87. The highest BCUT2D eigenvalue weighted by Gasteiger charge is 2.30. The molecule has 3 amide bonds. The third-order valence-electron chi connectivity index (χ3n) is 8.19. The van der Waals surface area contributed by atoms with E-state index < -0.39 is 18.2 Å². The lowest BCUT2D eigenvalue weighted by atomic mass is 10.1. The summed E-state index contributed by atoms with van der Waals surface area (Å²) < 4.78 is 36.1. The van der Waals surface area contributed by atoms with Gasteiger partial charge in [0.15, 0.2) is 29.6 Å². The van der Waals surface area contributed by atoms with Crippen molar-refractivity contribution in [3.05, 3.63) is 71.1 Å². The zero-order valence-corrected chi connectivity index (χ0v) is 25.8. The molecular formula is C31H30ClF2N9O4. The number of halogens is 3. The Morgan fingerprint density at radius 1 is 0.979 bits per heavy atom. The number of nitrogens with zero attached hydrogens (tertiary/aromatic N) is 8. The van der Waals surface area contributed by atoms with Crippen LogP contribution in [-0.2, 0) is 0 Å². The molecule has 0 aliphatic carbocycles. The van der Waals surface area contributed by atoms with Crippen LogP contribution in [0.3, 0.4) is 0 Å². The summed E-state index contributed by atoms with van der Waals surface area (Å²) in [7, 11) is 0. The van der Waals surface area contributed by atoms with Crippen molar-refractivity contribution in [2.75, 3.05) is 71.0 Å². The maximum absolute atomic E-state index is 15.0. The average Bonchev–Trinajstić information content (AvgIpc) is 3.53. The number of imidazole rings is 1. The molecule has 2 aromatic heterocycles. The molecular weight excluding hydrogens is 636 g/mol. The van der Waals surface area contributed by atoms with Crippen LogP contribution in [0.5, 0.6) is 5.75 Å². The van der Waals surface area contributed by atoms with Crippen LogP contribution in [0, 0.1) is 23.0 Å². The third kappa shape index (κ3) is 6.48. The number of anilines is 2. The normalized spacial score (nSPS) is 15.5. The van der Waals surface area contributed by atoms with Crippen molar-refractivity contribution in [3.8, 4) is 23.1 Å². The van der Waals surface area contributed by atoms with E-state index in [0.717, 1.165) is 0 Å². The van der Waals surface area contributed by atoms with Crippen LogP contribution in [0.2, 0.25) is 5.02 Å². The Morgan fingerprint density at radius 3 is 2.36 bits per heavy atom. The minimum atomic E-state index is -1.21. The molecule has 2 N–H and O–H groups in total. The van der Waals surface area contributed by atoms with Crippen LogP contribution in [0.1, 0.15) is 10.4 Å². The SMILES string of the molecule is N#CCOc1ccc(-c2cnc3c(Nc4ccc(C(=O)N5CCN(C(=O)N6CCN(CO)CC6)CC5)c(Cl)c4)nccn23)c(F)c1F. The number of rotatable bonds is 7. The largest absolute Gasteiger partial charge is 0.476 e. The number of hydrogen-bond acceptors (Lipinski definition) is 9. The molecule has 0 spiro atoms. The number of fused-ring (bicyclic) bond motifs is 1. The number of amides is 3. The number of ether oxygens (including phenoxy) is 1. The number of aromatic nitrogens is 3. The second kappa shape index (κ2) is 13.8. The molecule has 6 rings (SSSR count). The Hall–Kier alpha value is -5.04. The number of benzene rings is 2. The van der Waals surface area contributed by atoms with E-state index in [4.69, 9.17) is 21.6 Å². The number of piperazine rings is 2. The predicted molar refractivity (Wildman–Crippen MR) is 167 cm³/mol. The number of nitrogens with one attached hydrogen (secondary N) is 1. The molecule has 16 heteroatoms. The van der Waals surface area contributed by atoms with E-state index in [1.807, 2.05) is 4.90 Å². The van der Waals surface area contributed by atoms with Crippen LogP contribution >= 0.6 is 11.6 Å². The van der Waals surface area contributed by atoms with Crippen molar-refractivity contribution in [2.24, 2.45) is 0 Å². The van der Waals surface area contributed by atoms with Gasteiger partial charge in [-0.05, 0) is 30.3 Å². The summed E-state index contributed by atoms with van der Waals surface area (Å²) in [5, 5.41) is 21.3. The Labute approximate surface area is 273 Å². The van der Waals surface area contributed by atoms with Gasteiger partial charge in [0, 0.05) is 76.0 Å². The Morgan fingerprint density at radius 2 is 1.68 bits per heavy atom. The van der Waals surface area contributed by atoms with Crippen molar-refractivity contribution in [3.63, 3.8) is 0 Å². The second-order valence-corrected chi connectivity index (χ2v) is 11.3. The Balaban J connectivity index is 1.12. The summed E-state index contributed by atoms with van der Waals surface area (Å²) in [6.07, 6.45) is 4.41. The lowest BCUT2D eigenvalue weighted by Crippen LogP contribution is -2.57. The number of hydrogen-bond donors (Lipinski definition) is 2. The summed E-state index contributed by atoms with van der Waals surface area (Å²) >= 11 is 6.57. The van der Waals surface area contributed by atoms with Gasteiger partial charge in [-0.25, -0.2) is 19.2 Å². The molecule has 0 atom stereocenters. The summed E-state index contributed by atoms with van der Waals surface area (Å²) in [5.74, 6) is -2.67. The molecule has 244 valence electrons. The molecule has 2 fully saturated rings. The molecule has 2 aliphatic rings. The highest BCUT2D eigenvalue weighted by atomic mass is 35.5. The van der Waals surface area contributed by atoms with E-state index in [1.54, 1.807) is 49.6 Å². The molecule has 13 nitrogen and oxygen atoms in total. The minimum absolute atomic E-state index is 0.0226. The number of aliphatic hydroxyl groups excluding tert-OH is 1. The summed E-state index contributed by atoms with van der Waals surface area (Å²) in [6, 6.07) is 9.11. The number of carbonyl (C=O) groups excluding carboxylic acids is 2. The first-order valence-electron chi connectivity index (χ1n) is 14.8. The summed E-state index contributed by atoms with van der Waals surface area (Å²) in [4.78, 5) is 42.0. The van der Waals surface area contributed by atoms with Crippen LogP contribution in [0.25, 0.3) is 16.9 Å². The quantitative estimate of drug-likeness (QED) is 0.304. The van der Waals surface area contributed by atoms with Crippen molar-refractivity contribution in [2.45, 2.75) is 0 Å². The van der Waals surface area contributed by atoms with Crippen LogP contribution < -0.4 is 10.1 Å². The predicted octanol–water partition coefficient (Wildman–Crippen LogP) is 3.42. The summed E-state index contributed by atoms with van der Waals surface area (Å²) in [6.45, 7) is 3.44. The van der Waals surface area contributed by atoms with Crippen molar-refractivity contribution < 1.29 is 28.2 Å². The molecule has 0 bridgehead atoms. The molecule has 0 unspecified atom stereocenters. The van der Waals surface area contributed by atoms with Gasteiger partial charge in [0.05, 0.1) is 29.2 Å². The Bertz CT molecular complexity index is 1850. The first-order valence-corrected chi connectivity index (χ1v) is 15.2. The maximum Gasteiger partial charge on any atom is 0.320 e. The van der Waals surface area contributed by atoms with E-state index in [1.165, 1.54) is 24.5 Å². The average molecular weight is 666 g/mol. The number of aliphatic hydroxyl groups is 1. The topological polar surface area (TPSA) is 143 Å². The number of nitriles is 1. The van der Waals surface area contributed by atoms with Gasteiger partial charge in [-0.3, -0.25) is 14.1 Å². The van der Waals surface area contributed by atoms with Crippen LogP contribution in [-0.4, -0.2) is 117 Å². The van der Waals surface area contributed by atoms with Crippen LogP contribution in [0.4, 0.5) is 25.1 Å². The Kier molecular flexibility index (Phi) is 9.34. The number of carbonyl (C=O) groups is 2. The van der Waals surface area contributed by atoms with Crippen LogP contribution in [0.15, 0.2) is 48.9 Å².